The van der Waals surface area contributed by atoms with Crippen LogP contribution in [0.3, 0.4) is 0 Å². The van der Waals surface area contributed by atoms with E-state index in [4.69, 9.17) is 9.96 Å². The maximum absolute atomic E-state index is 10.8. The van der Waals surface area contributed by atoms with E-state index < -0.39 is 10.1 Å². The molecule has 0 saturated heterocycles. The third kappa shape index (κ3) is 1.34. The van der Waals surface area contributed by atoms with E-state index in [1.807, 2.05) is 0 Å². The summed E-state index contributed by atoms with van der Waals surface area (Å²) in [6, 6.07) is 0. The Morgan fingerprint density at radius 1 is 1.50 bits per heavy atom. The highest BCUT2D eigenvalue weighted by atomic mass is 32.2. The average Bonchev–Trinajstić information content (AvgIpc) is 2.50. The van der Waals surface area contributed by atoms with E-state index in [-0.39, 0.29) is 17.0 Å². The van der Waals surface area contributed by atoms with Crippen LogP contribution in [0.5, 0.6) is 0 Å². The molecule has 0 saturated carbocycles. The van der Waals surface area contributed by atoms with Crippen molar-refractivity contribution in [1.29, 1.82) is 5.41 Å². The lowest BCUT2D eigenvalue weighted by Gasteiger charge is -2.08. The van der Waals surface area contributed by atoms with Gasteiger partial charge in [0.15, 0.2) is 0 Å². The summed E-state index contributed by atoms with van der Waals surface area (Å²) in [5.41, 5.74) is 0.593. The van der Waals surface area contributed by atoms with E-state index >= 15 is 0 Å². The molecule has 0 amide bonds. The average molecular weight is 214 g/mol. The Hall–Kier alpha value is -1.54. The molecule has 1 heterocycles. The zero-order valence-electron chi connectivity index (χ0n) is 6.85. The highest BCUT2D eigenvalue weighted by molar-refractivity contribution is 7.89. The van der Waals surface area contributed by atoms with Gasteiger partial charge in [0, 0.05) is 6.42 Å². The van der Waals surface area contributed by atoms with Crippen molar-refractivity contribution in [3.05, 3.63) is 22.4 Å². The number of hydrogen-bond donors (Lipinski definition) is 3. The molecule has 0 bridgehead atoms. The summed E-state index contributed by atoms with van der Waals surface area (Å²) in [7, 11) is -4.24. The molecule has 0 radical (unpaired) electrons. The molecular weight excluding hydrogens is 208 g/mol. The van der Waals surface area contributed by atoms with E-state index in [9.17, 15) is 8.42 Å². The van der Waals surface area contributed by atoms with E-state index in [1.165, 1.54) is 0 Å². The van der Waals surface area contributed by atoms with E-state index in [1.54, 1.807) is 0 Å². The molecule has 7 nitrogen and oxygen atoms in total. The first-order valence-electron chi connectivity index (χ1n) is 3.65. The maximum atomic E-state index is 10.8. The van der Waals surface area contributed by atoms with Gasteiger partial charge in [-0.2, -0.15) is 23.8 Å². The van der Waals surface area contributed by atoms with Crippen LogP contribution in [0.25, 0.3) is 0 Å². The van der Waals surface area contributed by atoms with Crippen molar-refractivity contribution in [3.8, 4) is 0 Å². The zero-order valence-corrected chi connectivity index (χ0v) is 7.67. The molecule has 0 atom stereocenters. The van der Waals surface area contributed by atoms with Crippen LogP contribution in [0.4, 0.5) is 0 Å². The normalized spacial score (nSPS) is 16.4. The van der Waals surface area contributed by atoms with Gasteiger partial charge in [0.05, 0.1) is 16.3 Å². The summed E-state index contributed by atoms with van der Waals surface area (Å²) in [6.07, 6.45) is 1.03. The Balaban J connectivity index is 2.52. The van der Waals surface area contributed by atoms with Gasteiger partial charge in [-0.05, 0) is 6.08 Å². The monoisotopic (exact) mass is 214 g/mol. The lowest BCUT2D eigenvalue weighted by Crippen LogP contribution is -2.15. The second-order valence-electron chi connectivity index (χ2n) is 2.80. The minimum atomic E-state index is -4.24. The summed E-state index contributed by atoms with van der Waals surface area (Å²) in [5.74, 6) is 0. The highest BCUT2D eigenvalue weighted by Crippen LogP contribution is 2.19. The Morgan fingerprint density at radius 2 is 2.21 bits per heavy atom. The molecule has 14 heavy (non-hydrogen) atoms. The van der Waals surface area contributed by atoms with Gasteiger partial charge in [-0.1, -0.05) is 0 Å². The number of rotatable bonds is 1. The van der Waals surface area contributed by atoms with E-state index in [0.717, 1.165) is 6.08 Å². The number of hydrogen-bond acceptors (Lipinski definition) is 5. The standard InChI is InChI=1S/C6H6N4O3S/c7-4-1-3(14(11,12)13)2-5-6(4)9-10-8-5/h1,7H,2H2,(H,8,9,10)(H,11,12,13). The summed E-state index contributed by atoms with van der Waals surface area (Å²) in [4.78, 5) is -0.232. The molecule has 0 unspecified atom stereocenters. The van der Waals surface area contributed by atoms with Gasteiger partial charge in [-0.15, -0.1) is 0 Å². The summed E-state index contributed by atoms with van der Waals surface area (Å²) in [6.45, 7) is 0. The topological polar surface area (TPSA) is 120 Å². The molecule has 1 aliphatic rings. The number of fused-ring (bicyclic) bond motifs is 1. The first-order valence-corrected chi connectivity index (χ1v) is 5.09. The fourth-order valence-electron chi connectivity index (χ4n) is 1.20. The fourth-order valence-corrected chi connectivity index (χ4v) is 1.79. The van der Waals surface area contributed by atoms with Crippen LogP contribution in [0.2, 0.25) is 0 Å². The Labute approximate surface area is 79.1 Å². The van der Waals surface area contributed by atoms with Gasteiger partial charge in [0.25, 0.3) is 10.1 Å². The highest BCUT2D eigenvalue weighted by Gasteiger charge is 2.25. The van der Waals surface area contributed by atoms with Gasteiger partial charge >= 0.3 is 0 Å². The largest absolute Gasteiger partial charge is 0.298 e. The number of aromatic amines is 1. The smallest absolute Gasteiger partial charge is 0.291 e. The second kappa shape index (κ2) is 2.72. The minimum absolute atomic E-state index is 0.0347. The van der Waals surface area contributed by atoms with Gasteiger partial charge in [0.2, 0.25) is 0 Å². The Bertz CT molecular complexity index is 527. The lowest BCUT2D eigenvalue weighted by molar-refractivity contribution is 0.489. The Kier molecular flexibility index (Phi) is 1.76. The van der Waals surface area contributed by atoms with Crippen LogP contribution in [0.15, 0.2) is 11.0 Å². The molecule has 1 aromatic heterocycles. The van der Waals surface area contributed by atoms with Crippen molar-refractivity contribution in [3.63, 3.8) is 0 Å². The van der Waals surface area contributed by atoms with Gasteiger partial charge in [-0.25, -0.2) is 0 Å². The SMILES string of the molecule is N=C1C=C(S(=O)(=O)O)Cc2n[nH]nc21. The van der Waals surface area contributed by atoms with Crippen LogP contribution in [0, 0.1) is 5.41 Å². The van der Waals surface area contributed by atoms with Gasteiger partial charge < -0.3 is 0 Å². The predicted molar refractivity (Wildman–Crippen MR) is 46.5 cm³/mol. The zero-order chi connectivity index (χ0) is 10.3. The van der Waals surface area contributed by atoms with Crippen LogP contribution >= 0.6 is 0 Å². The molecule has 0 fully saturated rings. The summed E-state index contributed by atoms with van der Waals surface area (Å²) >= 11 is 0. The van der Waals surface area contributed by atoms with Crippen LogP contribution in [-0.2, 0) is 16.5 Å². The number of H-pyrrole nitrogens is 1. The third-order valence-electron chi connectivity index (χ3n) is 1.85. The van der Waals surface area contributed by atoms with Crippen molar-refractivity contribution in [1.82, 2.24) is 15.4 Å². The molecular formula is C6H6N4O3S. The molecule has 1 aromatic rings. The first-order chi connectivity index (χ1) is 6.48. The van der Waals surface area contributed by atoms with Crippen LogP contribution < -0.4 is 0 Å². The lowest BCUT2D eigenvalue weighted by atomic mass is 10.1. The predicted octanol–water partition coefficient (Wildman–Crippen LogP) is -0.500. The molecule has 0 aliphatic heterocycles. The maximum Gasteiger partial charge on any atom is 0.291 e. The summed E-state index contributed by atoms with van der Waals surface area (Å²) < 4.78 is 30.4. The molecule has 2 rings (SSSR count). The Morgan fingerprint density at radius 3 is 2.86 bits per heavy atom. The number of nitrogens with one attached hydrogen (secondary N) is 2. The second-order valence-corrected chi connectivity index (χ2v) is 4.27. The quantitative estimate of drug-likeness (QED) is 0.544. The van der Waals surface area contributed by atoms with Crippen LogP contribution in [-0.4, -0.2) is 34.1 Å². The van der Waals surface area contributed by atoms with E-state index in [2.05, 4.69) is 15.4 Å². The van der Waals surface area contributed by atoms with Crippen molar-refractivity contribution >= 4 is 15.8 Å². The molecule has 1 aliphatic carbocycles. The number of nitrogens with zero attached hydrogens (tertiary/aromatic N) is 2. The van der Waals surface area contributed by atoms with Crippen molar-refractivity contribution in [2.24, 2.45) is 0 Å². The summed E-state index contributed by atoms with van der Waals surface area (Å²) in [5, 5.41) is 17.1. The first kappa shape index (κ1) is 9.03. The van der Waals surface area contributed by atoms with Crippen molar-refractivity contribution in [2.45, 2.75) is 6.42 Å². The third-order valence-corrected chi connectivity index (χ3v) is 2.78. The molecule has 0 aromatic carbocycles. The van der Waals surface area contributed by atoms with Crippen LogP contribution in [0.1, 0.15) is 11.4 Å². The number of aromatic nitrogens is 3. The molecule has 3 N–H and O–H groups in total. The molecule has 74 valence electrons. The van der Waals surface area contributed by atoms with Crippen molar-refractivity contribution in [2.75, 3.05) is 0 Å². The van der Waals surface area contributed by atoms with Gasteiger partial charge in [0.1, 0.15) is 5.69 Å². The molecule has 8 heteroatoms. The minimum Gasteiger partial charge on any atom is -0.298 e. The fraction of sp³-hybridized carbons (Fsp3) is 0.167. The van der Waals surface area contributed by atoms with Gasteiger partial charge in [-0.3, -0.25) is 9.96 Å². The van der Waals surface area contributed by atoms with E-state index in [0.29, 0.717) is 11.4 Å². The number of allylic oxidation sites excluding steroid dienone is 2. The molecule has 0 spiro atoms. The van der Waals surface area contributed by atoms with Crippen molar-refractivity contribution < 1.29 is 13.0 Å².